The van der Waals surface area contributed by atoms with Gasteiger partial charge in [0.15, 0.2) is 0 Å². The average molecular weight is 210 g/mol. The Morgan fingerprint density at radius 3 is 1.42 bits per heavy atom. The molecule has 0 amide bonds. The summed E-state index contributed by atoms with van der Waals surface area (Å²) in [6.07, 6.45) is -1.95. The molecule has 0 aromatic rings. The molecule has 0 radical (unpaired) electrons. The van der Waals surface area contributed by atoms with Crippen molar-refractivity contribution in [3.8, 4) is 0 Å². The summed E-state index contributed by atoms with van der Waals surface area (Å²) in [5, 5.41) is 21.5. The quantitative estimate of drug-likeness (QED) is 0.287. The van der Waals surface area contributed by atoms with Crippen LogP contribution in [-0.4, -0.2) is 34.5 Å². The van der Waals surface area contributed by atoms with Crippen molar-refractivity contribution in [3.05, 3.63) is 5.92 Å². The van der Waals surface area contributed by atoms with E-state index in [1.165, 1.54) is 0 Å². The molecule has 66 valence electrons. The molecule has 12 heavy (non-hydrogen) atoms. The van der Waals surface area contributed by atoms with E-state index in [0.29, 0.717) is 0 Å². The molecular weight excluding hydrogens is 203 g/mol. The molecule has 1 aliphatic rings. The van der Waals surface area contributed by atoms with Crippen LogP contribution in [0.3, 0.4) is 0 Å². The maximum absolute atomic E-state index is 11.5. The van der Waals surface area contributed by atoms with Gasteiger partial charge in [0.1, 0.15) is 5.92 Å². The van der Waals surface area contributed by atoms with Crippen molar-refractivity contribution >= 4 is 7.32 Å². The summed E-state index contributed by atoms with van der Waals surface area (Å²) in [4.78, 5) is 0. The smallest absolute Gasteiger partial charge is 0.402 e. The molecule has 0 spiro atoms. The van der Waals surface area contributed by atoms with Crippen LogP contribution in [0.15, 0.2) is 0 Å². The molecule has 0 bridgehead atoms. The van der Waals surface area contributed by atoms with E-state index >= 15 is 0 Å². The van der Waals surface area contributed by atoms with Crippen LogP contribution in [0.25, 0.3) is 0 Å². The zero-order valence-corrected chi connectivity index (χ0v) is 9.75. The molecule has 0 aromatic carbocycles. The van der Waals surface area contributed by atoms with Gasteiger partial charge in [-0.25, -0.2) is 14.7 Å². The largest absolute Gasteiger partial charge is 1.00 e. The second-order valence-electron chi connectivity index (χ2n) is 2.01. The van der Waals surface area contributed by atoms with Gasteiger partial charge in [-0.1, -0.05) is 0 Å². The number of hydrogen-bond donors (Lipinski definition) is 3. The van der Waals surface area contributed by atoms with Crippen molar-refractivity contribution in [2.45, 2.75) is 19.0 Å². The number of halogens is 3. The summed E-state index contributed by atoms with van der Waals surface area (Å²) in [7, 11) is -2.17. The van der Waals surface area contributed by atoms with Gasteiger partial charge in [0, 0.05) is 6.17 Å². The second kappa shape index (κ2) is 5.97. The van der Waals surface area contributed by atoms with Crippen molar-refractivity contribution in [2.24, 2.45) is 0 Å². The van der Waals surface area contributed by atoms with Gasteiger partial charge in [-0.3, -0.25) is 4.39 Å². The van der Waals surface area contributed by atoms with E-state index in [1.807, 2.05) is 0 Å². The van der Waals surface area contributed by atoms with Crippen molar-refractivity contribution in [2.75, 3.05) is 0 Å². The minimum absolute atomic E-state index is 0. The van der Waals surface area contributed by atoms with Gasteiger partial charge in [-0.15, -0.1) is 0 Å². The maximum Gasteiger partial charge on any atom is 1.00 e. The molecule has 3 N–H and O–H groups in total. The fourth-order valence-corrected chi connectivity index (χ4v) is 0.363. The topological polar surface area (TPSA) is 60.7 Å². The molecule has 0 saturated heterocycles. The summed E-state index contributed by atoms with van der Waals surface area (Å²) < 4.78 is 34.5. The zero-order chi connectivity index (χ0) is 9.23. The molecule has 0 aliphatic heterocycles. The van der Waals surface area contributed by atoms with Gasteiger partial charge in [0.05, 0.1) is 0 Å². The Hall–Kier alpha value is 1.37. The predicted molar refractivity (Wildman–Crippen MR) is 31.2 cm³/mol. The standard InChI is InChI=1S/C4H4F3.BH3O3.K/c1-2-3(5)4(2,6)7;2-1(3)4;/h3H,1H3;2-4H;/q-1;;+1. The Morgan fingerprint density at radius 2 is 1.42 bits per heavy atom. The minimum Gasteiger partial charge on any atom is -0.402 e. The van der Waals surface area contributed by atoms with Crippen LogP contribution >= 0.6 is 0 Å². The molecular formula is C4H7BF3KO3. The van der Waals surface area contributed by atoms with E-state index < -0.39 is 19.4 Å². The van der Waals surface area contributed by atoms with Crippen molar-refractivity contribution in [1.29, 1.82) is 0 Å². The maximum atomic E-state index is 11.5. The summed E-state index contributed by atoms with van der Waals surface area (Å²) >= 11 is 0. The Balaban J connectivity index is 0. The first-order valence-corrected chi connectivity index (χ1v) is 2.70. The van der Waals surface area contributed by atoms with Crippen LogP contribution in [0.4, 0.5) is 13.2 Å². The summed E-state index contributed by atoms with van der Waals surface area (Å²) in [5.74, 6) is -3.42. The second-order valence-corrected chi connectivity index (χ2v) is 2.01. The molecule has 1 fully saturated rings. The Bertz CT molecular complexity index is 124. The van der Waals surface area contributed by atoms with Crippen LogP contribution in [-0.2, 0) is 0 Å². The molecule has 3 nitrogen and oxygen atoms in total. The monoisotopic (exact) mass is 210 g/mol. The number of rotatable bonds is 0. The Morgan fingerprint density at radius 1 is 1.33 bits per heavy atom. The Kier molecular flexibility index (Phi) is 7.87. The molecule has 1 unspecified atom stereocenters. The van der Waals surface area contributed by atoms with Gasteiger partial charge in [0.2, 0.25) is 0 Å². The average Bonchev–Trinajstić information content (AvgIpc) is 2.17. The third-order valence-corrected chi connectivity index (χ3v) is 1.14. The van der Waals surface area contributed by atoms with Crippen molar-refractivity contribution in [1.82, 2.24) is 0 Å². The van der Waals surface area contributed by atoms with Crippen LogP contribution in [0.2, 0.25) is 0 Å². The summed E-state index contributed by atoms with van der Waals surface area (Å²) in [5.41, 5.74) is 0. The first-order chi connectivity index (χ1) is 4.80. The van der Waals surface area contributed by atoms with E-state index in [1.54, 1.807) is 0 Å². The van der Waals surface area contributed by atoms with Crippen LogP contribution in [0, 0.1) is 5.92 Å². The van der Waals surface area contributed by atoms with Gasteiger partial charge < -0.3 is 15.1 Å². The molecule has 0 aromatic heterocycles. The number of alkyl halides is 3. The molecule has 1 rings (SSSR count). The summed E-state index contributed by atoms with van der Waals surface area (Å²) in [6, 6.07) is 0. The zero-order valence-electron chi connectivity index (χ0n) is 6.63. The van der Waals surface area contributed by atoms with Crippen LogP contribution in [0.1, 0.15) is 6.92 Å². The molecule has 8 heteroatoms. The van der Waals surface area contributed by atoms with Crippen LogP contribution < -0.4 is 51.4 Å². The SMILES string of the molecule is C[C-]1C(F)C1(F)F.OB(O)O.[K+]. The van der Waals surface area contributed by atoms with Crippen molar-refractivity contribution in [3.63, 3.8) is 0 Å². The third-order valence-electron chi connectivity index (χ3n) is 1.14. The van der Waals surface area contributed by atoms with E-state index in [2.05, 4.69) is 0 Å². The fourth-order valence-electron chi connectivity index (χ4n) is 0.363. The first kappa shape index (κ1) is 15.8. The fraction of sp³-hybridized carbons (Fsp3) is 0.750. The molecule has 1 saturated carbocycles. The molecule has 1 aliphatic carbocycles. The van der Waals surface area contributed by atoms with Crippen molar-refractivity contribution < 1.29 is 79.6 Å². The Labute approximate surface area is 111 Å². The van der Waals surface area contributed by atoms with Gasteiger partial charge >= 0.3 is 58.7 Å². The molecule has 0 heterocycles. The minimum atomic E-state index is -3.08. The normalized spacial score (nSPS) is 24.8. The van der Waals surface area contributed by atoms with E-state index in [0.717, 1.165) is 6.92 Å². The van der Waals surface area contributed by atoms with Gasteiger partial charge in [-0.2, -0.15) is 6.92 Å². The predicted octanol–water partition coefficient (Wildman–Crippen LogP) is -3.48. The molecule has 1 atom stereocenters. The van der Waals surface area contributed by atoms with Crippen LogP contribution in [0.5, 0.6) is 0 Å². The van der Waals surface area contributed by atoms with E-state index in [4.69, 9.17) is 15.1 Å². The van der Waals surface area contributed by atoms with E-state index in [9.17, 15) is 13.2 Å². The first-order valence-electron chi connectivity index (χ1n) is 2.70. The van der Waals surface area contributed by atoms with E-state index in [-0.39, 0.29) is 57.3 Å². The summed E-state index contributed by atoms with van der Waals surface area (Å²) in [6.45, 7) is 1.12. The van der Waals surface area contributed by atoms with Gasteiger partial charge in [-0.05, 0) is 0 Å². The third kappa shape index (κ3) is 5.18. The van der Waals surface area contributed by atoms with Gasteiger partial charge in [0.25, 0.3) is 0 Å². The number of hydrogen-bond acceptors (Lipinski definition) is 3.